The zero-order valence-corrected chi connectivity index (χ0v) is 12.4. The van der Waals surface area contributed by atoms with Gasteiger partial charge < -0.3 is 10.1 Å². The van der Waals surface area contributed by atoms with E-state index in [9.17, 15) is 0 Å². The molecule has 0 radical (unpaired) electrons. The lowest BCUT2D eigenvalue weighted by Crippen LogP contribution is -2.20. The van der Waals surface area contributed by atoms with Crippen LogP contribution in [-0.4, -0.2) is 39.4 Å². The Labute approximate surface area is 121 Å². The average Bonchev–Trinajstić information content (AvgIpc) is 3.10. The number of aromatic nitrogens is 4. The number of imidazole rings is 1. The summed E-state index contributed by atoms with van der Waals surface area (Å²) in [5.41, 5.74) is 2.24. The summed E-state index contributed by atoms with van der Waals surface area (Å²) in [4.78, 5) is 5.65. The topological polar surface area (TPSA) is 56.4 Å². The molecule has 3 aromatic rings. The van der Waals surface area contributed by atoms with Gasteiger partial charge in [0.05, 0.1) is 18.5 Å². The van der Waals surface area contributed by atoms with Crippen LogP contribution in [-0.2, 0) is 11.3 Å². The molecule has 1 N–H and O–H groups in total. The number of nitrogens with zero attached hydrogens (tertiary/aromatic N) is 4. The SMILES string of the molecule is COCCNCc1c(-n2cc(C)cn2)nc2sccn12. The van der Waals surface area contributed by atoms with E-state index >= 15 is 0 Å². The van der Waals surface area contributed by atoms with Crippen molar-refractivity contribution in [2.24, 2.45) is 0 Å². The van der Waals surface area contributed by atoms with E-state index in [-0.39, 0.29) is 0 Å². The van der Waals surface area contributed by atoms with Crippen LogP contribution in [0.25, 0.3) is 10.8 Å². The number of hydrogen-bond acceptors (Lipinski definition) is 5. The van der Waals surface area contributed by atoms with Gasteiger partial charge in [0.15, 0.2) is 10.8 Å². The maximum atomic E-state index is 5.05. The highest BCUT2D eigenvalue weighted by Gasteiger charge is 2.15. The molecular weight excluding hydrogens is 274 g/mol. The molecule has 20 heavy (non-hydrogen) atoms. The van der Waals surface area contributed by atoms with E-state index in [4.69, 9.17) is 4.74 Å². The fraction of sp³-hybridized carbons (Fsp3) is 0.385. The van der Waals surface area contributed by atoms with E-state index in [0.717, 1.165) is 35.1 Å². The maximum Gasteiger partial charge on any atom is 0.196 e. The van der Waals surface area contributed by atoms with Gasteiger partial charge in [-0.2, -0.15) is 10.1 Å². The molecule has 3 heterocycles. The molecule has 0 atom stereocenters. The Bertz CT molecular complexity index is 699. The molecule has 0 unspecified atom stereocenters. The molecule has 0 fully saturated rings. The number of fused-ring (bicyclic) bond motifs is 1. The summed E-state index contributed by atoms with van der Waals surface area (Å²) in [7, 11) is 1.70. The molecule has 0 saturated heterocycles. The van der Waals surface area contributed by atoms with Crippen LogP contribution in [0, 0.1) is 6.92 Å². The molecule has 0 aliphatic heterocycles. The fourth-order valence-electron chi connectivity index (χ4n) is 2.08. The third-order valence-electron chi connectivity index (χ3n) is 3.04. The Morgan fingerprint density at radius 2 is 2.35 bits per heavy atom. The molecule has 0 bridgehead atoms. The second-order valence-corrected chi connectivity index (χ2v) is 5.44. The van der Waals surface area contributed by atoms with E-state index < -0.39 is 0 Å². The molecule has 0 aliphatic rings. The monoisotopic (exact) mass is 291 g/mol. The summed E-state index contributed by atoms with van der Waals surface area (Å²) in [5, 5.41) is 9.77. The van der Waals surface area contributed by atoms with Crippen molar-refractivity contribution in [3.63, 3.8) is 0 Å². The van der Waals surface area contributed by atoms with Crippen LogP contribution in [0.5, 0.6) is 0 Å². The Morgan fingerprint density at radius 3 is 3.10 bits per heavy atom. The zero-order chi connectivity index (χ0) is 13.9. The smallest absolute Gasteiger partial charge is 0.196 e. The number of nitrogens with one attached hydrogen (secondary N) is 1. The van der Waals surface area contributed by atoms with Crippen molar-refractivity contribution in [2.45, 2.75) is 13.5 Å². The number of hydrogen-bond donors (Lipinski definition) is 1. The summed E-state index contributed by atoms with van der Waals surface area (Å²) in [6, 6.07) is 0. The third kappa shape index (κ3) is 2.47. The van der Waals surface area contributed by atoms with Crippen molar-refractivity contribution in [1.29, 1.82) is 0 Å². The van der Waals surface area contributed by atoms with Gasteiger partial charge in [-0.05, 0) is 12.5 Å². The van der Waals surface area contributed by atoms with Gasteiger partial charge in [-0.15, -0.1) is 11.3 Å². The summed E-state index contributed by atoms with van der Waals surface area (Å²) in [6.45, 7) is 4.27. The number of ether oxygens (including phenoxy) is 1. The normalized spacial score (nSPS) is 11.5. The summed E-state index contributed by atoms with van der Waals surface area (Å²) in [5.74, 6) is 0.884. The van der Waals surface area contributed by atoms with Crippen LogP contribution in [0.4, 0.5) is 0 Å². The van der Waals surface area contributed by atoms with Crippen molar-refractivity contribution in [2.75, 3.05) is 20.3 Å². The molecule has 0 spiro atoms. The predicted octanol–water partition coefficient (Wildman–Crippen LogP) is 1.63. The van der Waals surface area contributed by atoms with Gasteiger partial charge in [0.25, 0.3) is 0 Å². The van der Waals surface area contributed by atoms with Crippen LogP contribution in [0.15, 0.2) is 24.0 Å². The minimum atomic E-state index is 0.696. The molecule has 0 saturated carbocycles. The van der Waals surface area contributed by atoms with Crippen molar-refractivity contribution in [1.82, 2.24) is 24.5 Å². The zero-order valence-electron chi connectivity index (χ0n) is 11.5. The molecule has 0 aliphatic carbocycles. The highest BCUT2D eigenvalue weighted by molar-refractivity contribution is 7.15. The molecule has 0 amide bonds. The first kappa shape index (κ1) is 13.3. The molecular formula is C13H17N5OS. The van der Waals surface area contributed by atoms with Crippen LogP contribution in [0.1, 0.15) is 11.3 Å². The highest BCUT2D eigenvalue weighted by Crippen LogP contribution is 2.20. The van der Waals surface area contributed by atoms with Gasteiger partial charge in [-0.3, -0.25) is 4.40 Å². The van der Waals surface area contributed by atoms with E-state index in [2.05, 4.69) is 19.8 Å². The largest absolute Gasteiger partial charge is 0.383 e. The first-order valence-electron chi connectivity index (χ1n) is 6.45. The van der Waals surface area contributed by atoms with Gasteiger partial charge in [0.2, 0.25) is 0 Å². The minimum Gasteiger partial charge on any atom is -0.383 e. The maximum absolute atomic E-state index is 5.05. The first-order valence-corrected chi connectivity index (χ1v) is 7.33. The van der Waals surface area contributed by atoms with Crippen molar-refractivity contribution < 1.29 is 4.74 Å². The van der Waals surface area contributed by atoms with E-state index in [1.807, 2.05) is 35.6 Å². The van der Waals surface area contributed by atoms with E-state index in [0.29, 0.717) is 6.61 Å². The van der Waals surface area contributed by atoms with Gasteiger partial charge in [0.1, 0.15) is 0 Å². The summed E-state index contributed by atoms with van der Waals surface area (Å²) in [6.07, 6.45) is 5.88. The van der Waals surface area contributed by atoms with Gasteiger partial charge >= 0.3 is 0 Å². The fourth-order valence-corrected chi connectivity index (χ4v) is 2.81. The van der Waals surface area contributed by atoms with Gasteiger partial charge in [0, 0.05) is 38.0 Å². The van der Waals surface area contributed by atoms with Crippen LogP contribution < -0.4 is 5.32 Å². The van der Waals surface area contributed by atoms with Crippen LogP contribution in [0.2, 0.25) is 0 Å². The lowest BCUT2D eigenvalue weighted by molar-refractivity contribution is 0.199. The number of methoxy groups -OCH3 is 1. The Kier molecular flexibility index (Phi) is 3.81. The predicted molar refractivity (Wildman–Crippen MR) is 78.5 cm³/mol. The quantitative estimate of drug-likeness (QED) is 0.701. The van der Waals surface area contributed by atoms with Crippen molar-refractivity contribution in [3.05, 3.63) is 35.2 Å². The molecule has 106 valence electrons. The summed E-state index contributed by atoms with van der Waals surface area (Å²) >= 11 is 1.63. The van der Waals surface area contributed by atoms with E-state index in [1.54, 1.807) is 18.4 Å². The van der Waals surface area contributed by atoms with Crippen molar-refractivity contribution in [3.8, 4) is 5.82 Å². The molecule has 3 rings (SSSR count). The number of thiazole rings is 1. The Hall–Kier alpha value is -1.70. The lowest BCUT2D eigenvalue weighted by atomic mass is 10.4. The Morgan fingerprint density at radius 1 is 1.45 bits per heavy atom. The molecule has 7 heteroatoms. The molecule has 3 aromatic heterocycles. The molecule has 6 nitrogen and oxygen atoms in total. The minimum absolute atomic E-state index is 0.696. The third-order valence-corrected chi connectivity index (χ3v) is 3.80. The standard InChI is InChI=1S/C13H17N5OS/c1-10-7-15-18(9-10)12-11(8-14-3-5-19-2)17-4-6-20-13(17)16-12/h4,6-7,9,14H,3,5,8H2,1-2H3. The van der Waals surface area contributed by atoms with Crippen molar-refractivity contribution >= 4 is 16.3 Å². The average molecular weight is 291 g/mol. The molecule has 0 aromatic carbocycles. The Balaban J connectivity index is 1.92. The second kappa shape index (κ2) is 5.74. The van der Waals surface area contributed by atoms with Gasteiger partial charge in [-0.1, -0.05) is 0 Å². The first-order chi connectivity index (χ1) is 9.79. The highest BCUT2D eigenvalue weighted by atomic mass is 32.1. The van der Waals surface area contributed by atoms with Crippen LogP contribution in [0.3, 0.4) is 0 Å². The van der Waals surface area contributed by atoms with Crippen LogP contribution >= 0.6 is 11.3 Å². The number of aryl methyl sites for hydroxylation is 1. The lowest BCUT2D eigenvalue weighted by Gasteiger charge is -2.06. The van der Waals surface area contributed by atoms with Gasteiger partial charge in [-0.25, -0.2) is 4.68 Å². The summed E-state index contributed by atoms with van der Waals surface area (Å²) < 4.78 is 9.00. The van der Waals surface area contributed by atoms with E-state index in [1.165, 1.54) is 0 Å². The second-order valence-electron chi connectivity index (χ2n) is 4.57. The number of rotatable bonds is 6.